The summed E-state index contributed by atoms with van der Waals surface area (Å²) < 4.78 is 12.7. The van der Waals surface area contributed by atoms with Gasteiger partial charge in [0.1, 0.15) is 11.4 Å². The molecule has 1 N–H and O–H groups in total. The van der Waals surface area contributed by atoms with Crippen molar-refractivity contribution in [3.8, 4) is 0 Å². The maximum absolute atomic E-state index is 12.7. The zero-order chi connectivity index (χ0) is 12.3. The van der Waals surface area contributed by atoms with Crippen molar-refractivity contribution in [3.05, 3.63) is 35.6 Å². The summed E-state index contributed by atoms with van der Waals surface area (Å²) >= 11 is 0. The first-order valence-electron chi connectivity index (χ1n) is 6.10. The van der Waals surface area contributed by atoms with Crippen LogP contribution in [0.25, 0.3) is 0 Å². The standard InChI is InChI=1S/C14H17FO2/c15-12-6-4-11(5-7-12)10-13(16)14(17)8-2-1-3-9-14/h4-7,17H,1-3,8-10H2. The molecular formula is C14H17FO2. The molecule has 0 radical (unpaired) electrons. The van der Waals surface area contributed by atoms with Crippen LogP contribution in [-0.4, -0.2) is 16.5 Å². The van der Waals surface area contributed by atoms with Crippen molar-refractivity contribution in [2.24, 2.45) is 0 Å². The van der Waals surface area contributed by atoms with Crippen LogP contribution in [-0.2, 0) is 11.2 Å². The van der Waals surface area contributed by atoms with Crippen LogP contribution >= 0.6 is 0 Å². The van der Waals surface area contributed by atoms with Gasteiger partial charge in [-0.05, 0) is 30.5 Å². The van der Waals surface area contributed by atoms with Crippen LogP contribution in [0.5, 0.6) is 0 Å². The third-order valence-corrected chi connectivity index (χ3v) is 3.48. The summed E-state index contributed by atoms with van der Waals surface area (Å²) in [7, 11) is 0. The second kappa shape index (κ2) is 4.96. The Balaban J connectivity index is 2.03. The topological polar surface area (TPSA) is 37.3 Å². The summed E-state index contributed by atoms with van der Waals surface area (Å²) in [6.07, 6.45) is 4.22. The van der Waals surface area contributed by atoms with Crippen molar-refractivity contribution in [1.29, 1.82) is 0 Å². The van der Waals surface area contributed by atoms with Crippen LogP contribution in [0.2, 0.25) is 0 Å². The Labute approximate surface area is 100 Å². The van der Waals surface area contributed by atoms with Crippen LogP contribution in [0.15, 0.2) is 24.3 Å². The molecule has 1 aliphatic rings. The van der Waals surface area contributed by atoms with E-state index < -0.39 is 5.60 Å². The van der Waals surface area contributed by atoms with Gasteiger partial charge in [-0.3, -0.25) is 4.79 Å². The number of hydrogen-bond donors (Lipinski definition) is 1. The SMILES string of the molecule is O=C(Cc1ccc(F)cc1)C1(O)CCCCC1. The van der Waals surface area contributed by atoms with Crippen molar-refractivity contribution in [1.82, 2.24) is 0 Å². The highest BCUT2D eigenvalue weighted by atomic mass is 19.1. The molecule has 0 atom stereocenters. The van der Waals surface area contributed by atoms with Crippen molar-refractivity contribution >= 4 is 5.78 Å². The van der Waals surface area contributed by atoms with E-state index in [-0.39, 0.29) is 18.0 Å². The fourth-order valence-electron chi connectivity index (χ4n) is 2.37. The number of rotatable bonds is 3. The Bertz CT molecular complexity index is 391. The van der Waals surface area contributed by atoms with E-state index in [1.807, 2.05) is 0 Å². The summed E-state index contributed by atoms with van der Waals surface area (Å²) in [5.74, 6) is -0.443. The highest BCUT2D eigenvalue weighted by Gasteiger charge is 2.36. The first-order valence-corrected chi connectivity index (χ1v) is 6.10. The highest BCUT2D eigenvalue weighted by molar-refractivity contribution is 5.89. The number of Topliss-reactive ketones (excluding diaryl/α,β-unsaturated/α-hetero) is 1. The molecule has 0 spiro atoms. The van der Waals surface area contributed by atoms with Crippen LogP contribution in [0.1, 0.15) is 37.7 Å². The van der Waals surface area contributed by atoms with Crippen molar-refractivity contribution in [2.75, 3.05) is 0 Å². The quantitative estimate of drug-likeness (QED) is 0.876. The Morgan fingerprint density at radius 3 is 2.35 bits per heavy atom. The normalized spacial score (nSPS) is 18.9. The second-order valence-corrected chi connectivity index (χ2v) is 4.82. The van der Waals surface area contributed by atoms with Gasteiger partial charge in [-0.1, -0.05) is 31.4 Å². The Morgan fingerprint density at radius 1 is 1.18 bits per heavy atom. The minimum absolute atomic E-state index is 0.135. The van der Waals surface area contributed by atoms with E-state index in [4.69, 9.17) is 0 Å². The van der Waals surface area contributed by atoms with Gasteiger partial charge in [-0.25, -0.2) is 4.39 Å². The Morgan fingerprint density at radius 2 is 1.76 bits per heavy atom. The predicted octanol–water partition coefficient (Wildman–Crippen LogP) is 2.63. The molecule has 1 fully saturated rings. The number of halogens is 1. The fourth-order valence-corrected chi connectivity index (χ4v) is 2.37. The van der Waals surface area contributed by atoms with E-state index in [2.05, 4.69) is 0 Å². The lowest BCUT2D eigenvalue weighted by molar-refractivity contribution is -0.139. The molecule has 0 bridgehead atoms. The van der Waals surface area contributed by atoms with E-state index in [1.165, 1.54) is 12.1 Å². The zero-order valence-electron chi connectivity index (χ0n) is 9.79. The molecule has 0 heterocycles. The van der Waals surface area contributed by atoms with Crippen LogP contribution in [0, 0.1) is 5.82 Å². The number of hydrogen-bond acceptors (Lipinski definition) is 2. The molecule has 1 aliphatic carbocycles. The maximum Gasteiger partial charge on any atom is 0.168 e. The van der Waals surface area contributed by atoms with E-state index in [9.17, 15) is 14.3 Å². The molecule has 1 saturated carbocycles. The number of carbonyl (C=O) groups excluding carboxylic acids is 1. The van der Waals surface area contributed by atoms with Gasteiger partial charge < -0.3 is 5.11 Å². The summed E-state index contributed by atoms with van der Waals surface area (Å²) in [6, 6.07) is 5.87. The summed E-state index contributed by atoms with van der Waals surface area (Å²) in [6.45, 7) is 0. The summed E-state index contributed by atoms with van der Waals surface area (Å²) in [5.41, 5.74) is -0.387. The lowest BCUT2D eigenvalue weighted by atomic mass is 9.80. The lowest BCUT2D eigenvalue weighted by Gasteiger charge is -2.30. The molecule has 2 nitrogen and oxygen atoms in total. The summed E-state index contributed by atoms with van der Waals surface area (Å²) in [5, 5.41) is 10.2. The molecule has 2 rings (SSSR count). The van der Waals surface area contributed by atoms with E-state index >= 15 is 0 Å². The minimum Gasteiger partial charge on any atom is -0.382 e. The summed E-state index contributed by atoms with van der Waals surface area (Å²) in [4.78, 5) is 12.0. The molecule has 0 saturated heterocycles. The third kappa shape index (κ3) is 2.91. The largest absolute Gasteiger partial charge is 0.382 e. The first-order chi connectivity index (χ1) is 8.10. The average molecular weight is 236 g/mol. The van der Waals surface area contributed by atoms with Crippen molar-refractivity contribution in [3.63, 3.8) is 0 Å². The van der Waals surface area contributed by atoms with E-state index in [1.54, 1.807) is 12.1 Å². The number of ketones is 1. The molecule has 0 amide bonds. The van der Waals surface area contributed by atoms with Crippen LogP contribution in [0.4, 0.5) is 4.39 Å². The fraction of sp³-hybridized carbons (Fsp3) is 0.500. The number of benzene rings is 1. The lowest BCUT2D eigenvalue weighted by Crippen LogP contribution is -2.41. The molecule has 3 heteroatoms. The monoisotopic (exact) mass is 236 g/mol. The van der Waals surface area contributed by atoms with Crippen molar-refractivity contribution in [2.45, 2.75) is 44.1 Å². The van der Waals surface area contributed by atoms with Crippen LogP contribution in [0.3, 0.4) is 0 Å². The van der Waals surface area contributed by atoms with Gasteiger partial charge in [0.25, 0.3) is 0 Å². The number of carbonyl (C=O) groups is 1. The van der Waals surface area contributed by atoms with E-state index in [0.717, 1.165) is 24.8 Å². The molecule has 17 heavy (non-hydrogen) atoms. The first kappa shape index (κ1) is 12.2. The molecule has 92 valence electrons. The van der Waals surface area contributed by atoms with Gasteiger partial charge in [0, 0.05) is 6.42 Å². The average Bonchev–Trinajstić information content (AvgIpc) is 2.33. The molecule has 0 aromatic heterocycles. The predicted molar refractivity (Wildman–Crippen MR) is 63.1 cm³/mol. The second-order valence-electron chi connectivity index (χ2n) is 4.82. The third-order valence-electron chi connectivity index (χ3n) is 3.48. The molecule has 0 unspecified atom stereocenters. The van der Waals surface area contributed by atoms with Gasteiger partial charge in [-0.15, -0.1) is 0 Å². The molecule has 1 aromatic carbocycles. The van der Waals surface area contributed by atoms with Gasteiger partial charge in [0.05, 0.1) is 0 Å². The van der Waals surface area contributed by atoms with Gasteiger partial charge in [-0.2, -0.15) is 0 Å². The van der Waals surface area contributed by atoms with Gasteiger partial charge in [0.15, 0.2) is 5.78 Å². The maximum atomic E-state index is 12.7. The van der Waals surface area contributed by atoms with Crippen LogP contribution < -0.4 is 0 Å². The zero-order valence-corrected chi connectivity index (χ0v) is 9.79. The smallest absolute Gasteiger partial charge is 0.168 e. The number of aliphatic hydroxyl groups is 1. The highest BCUT2D eigenvalue weighted by Crippen LogP contribution is 2.29. The van der Waals surface area contributed by atoms with Gasteiger partial charge >= 0.3 is 0 Å². The molecular weight excluding hydrogens is 219 g/mol. The van der Waals surface area contributed by atoms with Crippen molar-refractivity contribution < 1.29 is 14.3 Å². The Hall–Kier alpha value is -1.22. The van der Waals surface area contributed by atoms with E-state index in [0.29, 0.717) is 12.8 Å². The molecule has 1 aromatic rings. The Kier molecular flexibility index (Phi) is 3.57. The van der Waals surface area contributed by atoms with Gasteiger partial charge in [0.2, 0.25) is 0 Å². The minimum atomic E-state index is -1.15. The molecule has 0 aliphatic heterocycles.